The molecule has 4 nitrogen and oxygen atoms in total. The maximum Gasteiger partial charge on any atom is 0.335 e. The van der Waals surface area contributed by atoms with Gasteiger partial charge in [-0.2, -0.15) is 11.3 Å². The minimum atomic E-state index is -0.924. The van der Waals surface area contributed by atoms with Crippen molar-refractivity contribution < 1.29 is 14.6 Å². The lowest BCUT2D eigenvalue weighted by atomic mass is 10.2. The molecule has 0 spiro atoms. The second kappa shape index (κ2) is 7.07. The Kier molecular flexibility index (Phi) is 5.15. The van der Waals surface area contributed by atoms with E-state index in [0.29, 0.717) is 12.4 Å². The molecule has 20 heavy (non-hydrogen) atoms. The van der Waals surface area contributed by atoms with Gasteiger partial charge in [0.15, 0.2) is 0 Å². The van der Waals surface area contributed by atoms with Crippen molar-refractivity contribution in [2.75, 3.05) is 20.2 Å². The third-order valence-corrected chi connectivity index (χ3v) is 3.61. The van der Waals surface area contributed by atoms with Gasteiger partial charge >= 0.3 is 5.97 Å². The highest BCUT2D eigenvalue weighted by atomic mass is 32.1. The molecule has 0 aliphatic heterocycles. The van der Waals surface area contributed by atoms with E-state index < -0.39 is 5.97 Å². The molecule has 0 atom stereocenters. The molecule has 0 radical (unpaired) electrons. The summed E-state index contributed by atoms with van der Waals surface area (Å²) >= 11 is 1.70. The van der Waals surface area contributed by atoms with Gasteiger partial charge in [0, 0.05) is 13.1 Å². The van der Waals surface area contributed by atoms with E-state index in [2.05, 4.69) is 28.8 Å². The van der Waals surface area contributed by atoms with Crippen molar-refractivity contribution in [1.29, 1.82) is 0 Å². The van der Waals surface area contributed by atoms with Crippen molar-refractivity contribution >= 4 is 17.3 Å². The molecule has 5 heteroatoms. The van der Waals surface area contributed by atoms with Crippen LogP contribution in [-0.2, 0) is 6.54 Å². The fourth-order valence-electron chi connectivity index (χ4n) is 1.79. The van der Waals surface area contributed by atoms with Gasteiger partial charge in [0.05, 0.1) is 5.56 Å². The van der Waals surface area contributed by atoms with Crippen LogP contribution in [0.25, 0.3) is 0 Å². The summed E-state index contributed by atoms with van der Waals surface area (Å²) in [7, 11) is 2.05. The van der Waals surface area contributed by atoms with Crippen molar-refractivity contribution in [2.24, 2.45) is 0 Å². The Morgan fingerprint density at radius 3 is 2.65 bits per heavy atom. The minimum absolute atomic E-state index is 0.270. The van der Waals surface area contributed by atoms with Gasteiger partial charge in [0.1, 0.15) is 12.4 Å². The topological polar surface area (TPSA) is 49.8 Å². The summed E-state index contributed by atoms with van der Waals surface area (Å²) in [6, 6.07) is 8.58. The third-order valence-electron chi connectivity index (χ3n) is 2.88. The molecule has 2 aromatic rings. The predicted octanol–water partition coefficient (Wildman–Crippen LogP) is 2.96. The largest absolute Gasteiger partial charge is 0.492 e. The van der Waals surface area contributed by atoms with Crippen molar-refractivity contribution in [3.05, 3.63) is 52.2 Å². The molecule has 0 amide bonds. The van der Waals surface area contributed by atoms with Gasteiger partial charge in [-0.1, -0.05) is 0 Å². The average molecular weight is 291 g/mol. The summed E-state index contributed by atoms with van der Waals surface area (Å²) in [5, 5.41) is 13.0. The zero-order valence-electron chi connectivity index (χ0n) is 11.3. The summed E-state index contributed by atoms with van der Waals surface area (Å²) in [6.45, 7) is 2.30. The molecule has 0 fully saturated rings. The normalized spacial score (nSPS) is 10.7. The molecule has 0 saturated heterocycles. The Bertz CT molecular complexity index is 537. The molecule has 0 bridgehead atoms. The first kappa shape index (κ1) is 14.6. The number of benzene rings is 1. The van der Waals surface area contributed by atoms with Crippen LogP contribution in [0.2, 0.25) is 0 Å². The van der Waals surface area contributed by atoms with Crippen molar-refractivity contribution in [3.8, 4) is 5.75 Å². The highest BCUT2D eigenvalue weighted by Crippen LogP contribution is 2.12. The van der Waals surface area contributed by atoms with Gasteiger partial charge in [0.2, 0.25) is 0 Å². The maximum absolute atomic E-state index is 10.7. The Hall–Kier alpha value is -1.85. The standard InChI is InChI=1S/C15H17NO3S/c1-16(10-12-6-9-20-11-12)7-8-19-14-4-2-13(3-5-14)15(17)18/h2-6,9,11H,7-8,10H2,1H3,(H,17,18). The first-order chi connectivity index (χ1) is 9.65. The summed E-state index contributed by atoms with van der Waals surface area (Å²) in [5.41, 5.74) is 1.58. The zero-order valence-corrected chi connectivity index (χ0v) is 12.1. The van der Waals surface area contributed by atoms with Gasteiger partial charge in [0.25, 0.3) is 0 Å². The fraction of sp³-hybridized carbons (Fsp3) is 0.267. The van der Waals surface area contributed by atoms with Crippen LogP contribution in [0.1, 0.15) is 15.9 Å². The molecule has 1 aromatic carbocycles. The van der Waals surface area contributed by atoms with Crippen LogP contribution in [0.4, 0.5) is 0 Å². The third kappa shape index (κ3) is 4.36. The summed E-state index contributed by atoms with van der Waals surface area (Å²) in [4.78, 5) is 12.9. The van der Waals surface area contributed by atoms with Crippen LogP contribution in [0.3, 0.4) is 0 Å². The Morgan fingerprint density at radius 1 is 1.30 bits per heavy atom. The number of hydrogen-bond acceptors (Lipinski definition) is 4. The van der Waals surface area contributed by atoms with Crippen LogP contribution < -0.4 is 4.74 Å². The number of aromatic carboxylic acids is 1. The predicted molar refractivity (Wildman–Crippen MR) is 79.5 cm³/mol. The van der Waals surface area contributed by atoms with Crippen LogP contribution in [-0.4, -0.2) is 36.2 Å². The maximum atomic E-state index is 10.7. The van der Waals surface area contributed by atoms with Gasteiger partial charge in [-0.05, 0) is 53.7 Å². The Balaban J connectivity index is 1.73. The van der Waals surface area contributed by atoms with Crippen molar-refractivity contribution in [3.63, 3.8) is 0 Å². The van der Waals surface area contributed by atoms with Crippen molar-refractivity contribution in [1.82, 2.24) is 4.90 Å². The lowest BCUT2D eigenvalue weighted by Gasteiger charge is -2.16. The summed E-state index contributed by atoms with van der Waals surface area (Å²) in [6.07, 6.45) is 0. The molecule has 1 N–H and O–H groups in total. The second-order valence-electron chi connectivity index (χ2n) is 4.55. The quantitative estimate of drug-likeness (QED) is 0.852. The van der Waals surface area contributed by atoms with E-state index in [-0.39, 0.29) is 5.56 Å². The fourth-order valence-corrected chi connectivity index (χ4v) is 2.45. The lowest BCUT2D eigenvalue weighted by Crippen LogP contribution is -2.23. The molecule has 0 aliphatic rings. The molecular weight excluding hydrogens is 274 g/mol. The average Bonchev–Trinajstić information content (AvgIpc) is 2.92. The molecule has 1 heterocycles. The molecule has 2 rings (SSSR count). The zero-order chi connectivity index (χ0) is 14.4. The van der Waals surface area contributed by atoms with E-state index in [1.165, 1.54) is 5.56 Å². The van der Waals surface area contributed by atoms with E-state index in [9.17, 15) is 4.79 Å². The number of likely N-dealkylation sites (N-methyl/N-ethyl adjacent to an activating group) is 1. The van der Waals surface area contributed by atoms with Crippen LogP contribution >= 0.6 is 11.3 Å². The number of rotatable bonds is 7. The van der Waals surface area contributed by atoms with Crippen LogP contribution in [0.15, 0.2) is 41.1 Å². The number of ether oxygens (including phenoxy) is 1. The number of hydrogen-bond donors (Lipinski definition) is 1. The summed E-state index contributed by atoms with van der Waals surface area (Å²) < 4.78 is 5.60. The Morgan fingerprint density at radius 2 is 2.05 bits per heavy atom. The van der Waals surface area contributed by atoms with E-state index in [4.69, 9.17) is 9.84 Å². The first-order valence-corrected chi connectivity index (χ1v) is 7.25. The lowest BCUT2D eigenvalue weighted by molar-refractivity contribution is 0.0697. The van der Waals surface area contributed by atoms with Gasteiger partial charge in [-0.25, -0.2) is 4.79 Å². The molecule has 106 valence electrons. The number of carboxylic acids is 1. The molecule has 0 aliphatic carbocycles. The van der Waals surface area contributed by atoms with Crippen LogP contribution in [0, 0.1) is 0 Å². The van der Waals surface area contributed by atoms with Gasteiger partial charge in [-0.15, -0.1) is 0 Å². The van der Waals surface area contributed by atoms with Crippen LogP contribution in [0.5, 0.6) is 5.75 Å². The van der Waals surface area contributed by atoms with Gasteiger partial charge in [-0.3, -0.25) is 4.90 Å². The van der Waals surface area contributed by atoms with E-state index >= 15 is 0 Å². The molecular formula is C15H17NO3S. The number of thiophene rings is 1. The SMILES string of the molecule is CN(CCOc1ccc(C(=O)O)cc1)Cc1ccsc1. The number of carbonyl (C=O) groups is 1. The highest BCUT2D eigenvalue weighted by Gasteiger charge is 2.03. The Labute approximate surface area is 122 Å². The monoisotopic (exact) mass is 291 g/mol. The smallest absolute Gasteiger partial charge is 0.335 e. The molecule has 0 unspecified atom stereocenters. The number of nitrogens with zero attached hydrogens (tertiary/aromatic N) is 1. The van der Waals surface area contributed by atoms with E-state index in [1.54, 1.807) is 35.6 Å². The van der Waals surface area contributed by atoms with Crippen molar-refractivity contribution in [2.45, 2.75) is 6.54 Å². The molecule has 0 saturated carbocycles. The number of carboxylic acid groups (broad SMARTS) is 1. The highest BCUT2D eigenvalue weighted by molar-refractivity contribution is 7.07. The van der Waals surface area contributed by atoms with E-state index in [0.717, 1.165) is 13.1 Å². The first-order valence-electron chi connectivity index (χ1n) is 6.31. The second-order valence-corrected chi connectivity index (χ2v) is 5.33. The van der Waals surface area contributed by atoms with E-state index in [1.807, 2.05) is 0 Å². The summed E-state index contributed by atoms with van der Waals surface area (Å²) in [5.74, 6) is -0.231. The minimum Gasteiger partial charge on any atom is -0.492 e. The van der Waals surface area contributed by atoms with Gasteiger partial charge < -0.3 is 9.84 Å². The molecule has 1 aromatic heterocycles.